The number of aromatic hydroxyl groups is 1. The van der Waals surface area contributed by atoms with Crippen LogP contribution in [0.1, 0.15) is 13.3 Å². The Balaban J connectivity index is 1.33. The summed E-state index contributed by atoms with van der Waals surface area (Å²) in [5, 5.41) is 21.9. The van der Waals surface area contributed by atoms with Crippen LogP contribution < -0.4 is 10.1 Å². The van der Waals surface area contributed by atoms with E-state index in [4.69, 9.17) is 4.74 Å². The van der Waals surface area contributed by atoms with E-state index < -0.39 is 12.3 Å². The molecular weight excluding hydrogens is 373 g/mol. The first-order valence-electron chi connectivity index (χ1n) is 9.44. The van der Waals surface area contributed by atoms with Crippen LogP contribution in [-0.4, -0.2) is 48.7 Å². The van der Waals surface area contributed by atoms with E-state index >= 15 is 0 Å². The highest BCUT2D eigenvalue weighted by molar-refractivity contribution is 5.68. The Hall–Kier alpha value is -3.26. The Morgan fingerprint density at radius 2 is 2.17 bits per heavy atom. The maximum atomic E-state index is 14.6. The van der Waals surface area contributed by atoms with Crippen molar-refractivity contribution in [1.29, 1.82) is 0 Å². The van der Waals surface area contributed by atoms with E-state index in [1.54, 1.807) is 47.6 Å². The molecule has 148 valence electrons. The lowest BCUT2D eigenvalue weighted by Crippen LogP contribution is -2.57. The van der Waals surface area contributed by atoms with Crippen LogP contribution in [0.4, 0.5) is 4.39 Å². The number of nitrogens with one attached hydrogen (secondary N) is 1. The highest BCUT2D eigenvalue weighted by atomic mass is 19.1. The van der Waals surface area contributed by atoms with Crippen LogP contribution in [0.5, 0.6) is 11.6 Å². The molecule has 7 nitrogen and oxygen atoms in total. The van der Waals surface area contributed by atoms with Gasteiger partial charge in [0.1, 0.15) is 11.9 Å². The number of piperidine rings is 1. The number of nitrogens with zero attached hydrogens (tertiary/aromatic N) is 4. The minimum absolute atomic E-state index is 0.0805. The van der Waals surface area contributed by atoms with Gasteiger partial charge in [-0.3, -0.25) is 5.32 Å². The number of rotatable bonds is 4. The standard InChI is InChI=1S/C21H20FN5O2/c1-21-7-6-16(24-21)20(22)18(11-21)29-19-5-4-15(25-26-19)14-3-2-13(10-17(14)28)27-9-8-23-12-27/h2-10,12,16,18,20,24,28H,11H2,1H3/t16?,18-,20-,21-/m0/s1. The van der Waals surface area contributed by atoms with Gasteiger partial charge in [-0.15, -0.1) is 10.2 Å². The molecule has 2 bridgehead atoms. The second-order valence-electron chi connectivity index (χ2n) is 7.68. The fourth-order valence-corrected chi connectivity index (χ4v) is 3.96. The molecular formula is C21H20FN5O2. The van der Waals surface area contributed by atoms with Crippen molar-refractivity contribution in [2.24, 2.45) is 0 Å². The minimum Gasteiger partial charge on any atom is -0.507 e. The van der Waals surface area contributed by atoms with Crippen LogP contribution in [0, 0.1) is 0 Å². The van der Waals surface area contributed by atoms with Gasteiger partial charge in [0, 0.05) is 42.0 Å². The quantitative estimate of drug-likeness (QED) is 0.663. The monoisotopic (exact) mass is 393 g/mol. The number of benzene rings is 1. The normalized spacial score (nSPS) is 27.9. The molecule has 2 N–H and O–H groups in total. The molecule has 5 rings (SSSR count). The van der Waals surface area contributed by atoms with E-state index in [2.05, 4.69) is 20.5 Å². The largest absolute Gasteiger partial charge is 0.507 e. The average molecular weight is 393 g/mol. The lowest BCUT2D eigenvalue weighted by atomic mass is 9.90. The second kappa shape index (κ2) is 6.66. The number of phenols is 1. The predicted octanol–water partition coefficient (Wildman–Crippen LogP) is 2.81. The fraction of sp³-hybridized carbons (Fsp3) is 0.286. The maximum absolute atomic E-state index is 14.6. The smallest absolute Gasteiger partial charge is 0.233 e. The Morgan fingerprint density at radius 1 is 1.28 bits per heavy atom. The summed E-state index contributed by atoms with van der Waals surface area (Å²) in [5.41, 5.74) is 1.58. The molecule has 2 aromatic heterocycles. The number of imidazole rings is 1. The summed E-state index contributed by atoms with van der Waals surface area (Å²) >= 11 is 0. The summed E-state index contributed by atoms with van der Waals surface area (Å²) < 4.78 is 22.2. The zero-order valence-electron chi connectivity index (χ0n) is 15.7. The number of alkyl halides is 1. The lowest BCUT2D eigenvalue weighted by Gasteiger charge is -2.38. The van der Waals surface area contributed by atoms with Crippen molar-refractivity contribution in [3.05, 3.63) is 61.2 Å². The van der Waals surface area contributed by atoms with E-state index in [1.165, 1.54) is 0 Å². The summed E-state index contributed by atoms with van der Waals surface area (Å²) in [5.74, 6) is 0.345. The van der Waals surface area contributed by atoms with Crippen molar-refractivity contribution in [3.8, 4) is 28.6 Å². The molecule has 8 heteroatoms. The first-order valence-corrected chi connectivity index (χ1v) is 9.44. The fourth-order valence-electron chi connectivity index (χ4n) is 3.96. The molecule has 0 amide bonds. The summed E-state index contributed by atoms with van der Waals surface area (Å²) in [6.07, 6.45) is 7.75. The Bertz CT molecular complexity index is 1050. The zero-order chi connectivity index (χ0) is 20.0. The highest BCUT2D eigenvalue weighted by Gasteiger charge is 2.46. The number of fused-ring (bicyclic) bond motifs is 2. The van der Waals surface area contributed by atoms with Gasteiger partial charge in [0.2, 0.25) is 5.88 Å². The van der Waals surface area contributed by atoms with Crippen LogP contribution >= 0.6 is 0 Å². The summed E-state index contributed by atoms with van der Waals surface area (Å²) in [7, 11) is 0. The third-order valence-corrected chi connectivity index (χ3v) is 5.46. The molecule has 1 aromatic carbocycles. The molecule has 0 aliphatic carbocycles. The number of phenolic OH excluding ortho intramolecular Hbond substituents is 1. The van der Waals surface area contributed by atoms with Crippen molar-refractivity contribution in [2.75, 3.05) is 0 Å². The van der Waals surface area contributed by atoms with Crippen molar-refractivity contribution < 1.29 is 14.2 Å². The lowest BCUT2D eigenvalue weighted by molar-refractivity contribution is 0.0295. The predicted molar refractivity (Wildman–Crippen MR) is 105 cm³/mol. The third-order valence-electron chi connectivity index (χ3n) is 5.46. The van der Waals surface area contributed by atoms with Gasteiger partial charge in [-0.2, -0.15) is 0 Å². The molecule has 0 saturated carbocycles. The molecule has 3 aromatic rings. The van der Waals surface area contributed by atoms with E-state index in [1.807, 2.05) is 25.1 Å². The highest BCUT2D eigenvalue weighted by Crippen LogP contribution is 2.34. The molecule has 29 heavy (non-hydrogen) atoms. The number of hydrogen-bond acceptors (Lipinski definition) is 6. The number of hydrogen-bond donors (Lipinski definition) is 2. The van der Waals surface area contributed by atoms with Crippen LogP contribution in [0.25, 0.3) is 16.9 Å². The van der Waals surface area contributed by atoms with Crippen molar-refractivity contribution in [3.63, 3.8) is 0 Å². The Kier molecular flexibility index (Phi) is 4.09. The molecule has 4 heterocycles. The van der Waals surface area contributed by atoms with E-state index in [0.29, 0.717) is 17.7 Å². The van der Waals surface area contributed by atoms with Crippen molar-refractivity contribution >= 4 is 0 Å². The van der Waals surface area contributed by atoms with Crippen LogP contribution in [0.3, 0.4) is 0 Å². The van der Waals surface area contributed by atoms with Gasteiger partial charge >= 0.3 is 0 Å². The van der Waals surface area contributed by atoms with E-state index in [0.717, 1.165) is 5.69 Å². The van der Waals surface area contributed by atoms with Crippen LogP contribution in [0.15, 0.2) is 61.2 Å². The minimum atomic E-state index is -1.15. The first-order chi connectivity index (χ1) is 14.0. The van der Waals surface area contributed by atoms with Gasteiger partial charge in [0.15, 0.2) is 6.17 Å². The van der Waals surface area contributed by atoms with Gasteiger partial charge in [-0.05, 0) is 25.1 Å². The maximum Gasteiger partial charge on any atom is 0.233 e. The molecule has 4 atom stereocenters. The van der Waals surface area contributed by atoms with Gasteiger partial charge in [-0.25, -0.2) is 9.37 Å². The molecule has 0 spiro atoms. The van der Waals surface area contributed by atoms with Crippen molar-refractivity contribution in [2.45, 2.75) is 37.2 Å². The second-order valence-corrected chi connectivity index (χ2v) is 7.68. The molecule has 1 saturated heterocycles. The molecule has 1 fully saturated rings. The van der Waals surface area contributed by atoms with Crippen LogP contribution in [0.2, 0.25) is 0 Å². The molecule has 2 aliphatic heterocycles. The Morgan fingerprint density at radius 3 is 2.90 bits per heavy atom. The molecule has 2 aliphatic rings. The molecule has 1 unspecified atom stereocenters. The van der Waals surface area contributed by atoms with Gasteiger partial charge in [-0.1, -0.05) is 12.2 Å². The zero-order valence-corrected chi connectivity index (χ0v) is 15.7. The number of aromatic nitrogens is 4. The summed E-state index contributed by atoms with van der Waals surface area (Å²) in [6, 6.07) is 8.28. The summed E-state index contributed by atoms with van der Waals surface area (Å²) in [4.78, 5) is 4.00. The average Bonchev–Trinajstić information content (AvgIpc) is 3.36. The van der Waals surface area contributed by atoms with Gasteiger partial charge in [0.05, 0.1) is 23.8 Å². The van der Waals surface area contributed by atoms with Crippen LogP contribution in [-0.2, 0) is 0 Å². The Labute approximate surface area is 166 Å². The third kappa shape index (κ3) is 3.25. The SMILES string of the molecule is C[C@@]12C=CC(N1)[C@H](F)[C@@H](Oc1ccc(-c3ccc(-n4ccnc4)cc3O)nn1)C2. The van der Waals surface area contributed by atoms with Crippen molar-refractivity contribution in [1.82, 2.24) is 25.1 Å². The number of halogens is 1. The topological polar surface area (TPSA) is 85.1 Å². The van der Waals surface area contributed by atoms with E-state index in [9.17, 15) is 9.50 Å². The van der Waals surface area contributed by atoms with Gasteiger partial charge < -0.3 is 14.4 Å². The van der Waals surface area contributed by atoms with Gasteiger partial charge in [0.25, 0.3) is 0 Å². The summed E-state index contributed by atoms with van der Waals surface area (Å²) in [6.45, 7) is 2.02. The number of ether oxygens (including phenoxy) is 1. The first kappa shape index (κ1) is 17.8. The molecule has 0 radical (unpaired) electrons. The van der Waals surface area contributed by atoms with E-state index in [-0.39, 0.29) is 23.2 Å².